The van der Waals surface area contributed by atoms with Crippen molar-refractivity contribution in [2.24, 2.45) is 11.7 Å². The van der Waals surface area contributed by atoms with Crippen molar-refractivity contribution < 1.29 is 14.1 Å². The first-order valence-corrected chi connectivity index (χ1v) is 6.96. The number of amides is 1. The summed E-state index contributed by atoms with van der Waals surface area (Å²) in [6.45, 7) is 1.71. The Hall–Kier alpha value is -2.02. The molecule has 1 fully saturated rings. The van der Waals surface area contributed by atoms with Crippen molar-refractivity contribution >= 4 is 11.6 Å². The normalized spacial score (nSPS) is 18.6. The van der Waals surface area contributed by atoms with Crippen LogP contribution in [-0.4, -0.2) is 35.4 Å². The SMILES string of the molecule is NCCC1CCCN(C(=O)c2ccc([N+](=O)[O-])cc2F)C1. The van der Waals surface area contributed by atoms with Gasteiger partial charge in [-0.2, -0.15) is 0 Å². The molecule has 6 nitrogen and oxygen atoms in total. The number of likely N-dealkylation sites (tertiary alicyclic amines) is 1. The van der Waals surface area contributed by atoms with Gasteiger partial charge in [0, 0.05) is 19.2 Å². The largest absolute Gasteiger partial charge is 0.338 e. The standard InChI is InChI=1S/C14H18FN3O3/c15-13-8-11(18(20)21)3-4-12(13)14(19)17-7-1-2-10(9-17)5-6-16/h3-4,8,10H,1-2,5-7,9,16H2. The Morgan fingerprint density at radius 3 is 2.90 bits per heavy atom. The zero-order valence-corrected chi connectivity index (χ0v) is 11.6. The molecule has 2 rings (SSSR count). The van der Waals surface area contributed by atoms with Crippen LogP contribution in [0, 0.1) is 21.8 Å². The van der Waals surface area contributed by atoms with Gasteiger partial charge in [0.05, 0.1) is 16.6 Å². The lowest BCUT2D eigenvalue weighted by Crippen LogP contribution is -2.40. The molecule has 7 heteroatoms. The van der Waals surface area contributed by atoms with Gasteiger partial charge in [-0.3, -0.25) is 14.9 Å². The molecule has 1 aliphatic heterocycles. The molecule has 0 radical (unpaired) electrons. The number of nitrogens with zero attached hydrogens (tertiary/aromatic N) is 2. The topological polar surface area (TPSA) is 89.5 Å². The Labute approximate surface area is 121 Å². The maximum Gasteiger partial charge on any atom is 0.272 e. The number of nitro groups is 1. The first-order chi connectivity index (χ1) is 10.0. The molecule has 2 N–H and O–H groups in total. The summed E-state index contributed by atoms with van der Waals surface area (Å²) in [5.74, 6) is -0.923. The molecule has 21 heavy (non-hydrogen) atoms. The minimum Gasteiger partial charge on any atom is -0.338 e. The summed E-state index contributed by atoms with van der Waals surface area (Å²) in [6.07, 6.45) is 2.72. The molecule has 114 valence electrons. The second-order valence-electron chi connectivity index (χ2n) is 5.26. The highest BCUT2D eigenvalue weighted by atomic mass is 19.1. The monoisotopic (exact) mass is 295 g/mol. The molecule has 0 saturated carbocycles. The predicted octanol–water partition coefficient (Wildman–Crippen LogP) is 1.93. The Morgan fingerprint density at radius 1 is 1.52 bits per heavy atom. The fourth-order valence-electron chi connectivity index (χ4n) is 2.68. The molecule has 1 aromatic rings. The average Bonchev–Trinajstić information content (AvgIpc) is 2.47. The van der Waals surface area contributed by atoms with Crippen LogP contribution in [0.15, 0.2) is 18.2 Å². The van der Waals surface area contributed by atoms with Crippen LogP contribution < -0.4 is 5.73 Å². The molecular formula is C14H18FN3O3. The lowest BCUT2D eigenvalue weighted by Gasteiger charge is -2.32. The second-order valence-corrected chi connectivity index (χ2v) is 5.26. The number of carbonyl (C=O) groups excluding carboxylic acids is 1. The van der Waals surface area contributed by atoms with Crippen LogP contribution in [0.1, 0.15) is 29.6 Å². The number of carbonyl (C=O) groups is 1. The first-order valence-electron chi connectivity index (χ1n) is 6.96. The molecule has 1 aliphatic rings. The number of rotatable bonds is 4. The van der Waals surface area contributed by atoms with Gasteiger partial charge in [0.15, 0.2) is 0 Å². The molecule has 1 heterocycles. The molecule has 0 aromatic heterocycles. The third-order valence-corrected chi connectivity index (χ3v) is 3.78. The minimum absolute atomic E-state index is 0.117. The van der Waals surface area contributed by atoms with Crippen molar-refractivity contribution in [3.8, 4) is 0 Å². The van der Waals surface area contributed by atoms with Crippen LogP contribution in [0.25, 0.3) is 0 Å². The van der Waals surface area contributed by atoms with Crippen molar-refractivity contribution in [2.75, 3.05) is 19.6 Å². The Morgan fingerprint density at radius 2 is 2.29 bits per heavy atom. The fourth-order valence-corrected chi connectivity index (χ4v) is 2.68. The van der Waals surface area contributed by atoms with Gasteiger partial charge in [-0.25, -0.2) is 4.39 Å². The molecule has 1 aromatic carbocycles. The van der Waals surface area contributed by atoms with Gasteiger partial charge in [0.1, 0.15) is 5.82 Å². The average molecular weight is 295 g/mol. The summed E-state index contributed by atoms with van der Waals surface area (Å²) in [6, 6.07) is 3.12. The highest BCUT2D eigenvalue weighted by molar-refractivity contribution is 5.94. The van der Waals surface area contributed by atoms with E-state index in [1.165, 1.54) is 6.07 Å². The Kier molecular flexibility index (Phi) is 4.85. The maximum atomic E-state index is 13.9. The number of hydrogen-bond donors (Lipinski definition) is 1. The van der Waals surface area contributed by atoms with Crippen molar-refractivity contribution in [1.29, 1.82) is 0 Å². The van der Waals surface area contributed by atoms with Gasteiger partial charge in [-0.05, 0) is 37.8 Å². The molecule has 0 aliphatic carbocycles. The summed E-state index contributed by atoms with van der Waals surface area (Å²) >= 11 is 0. The maximum absolute atomic E-state index is 13.9. The van der Waals surface area contributed by atoms with Crippen LogP contribution in [0.4, 0.5) is 10.1 Å². The second kappa shape index (κ2) is 6.62. The van der Waals surface area contributed by atoms with Crippen molar-refractivity contribution in [3.05, 3.63) is 39.7 Å². The van der Waals surface area contributed by atoms with E-state index in [0.717, 1.165) is 31.4 Å². The van der Waals surface area contributed by atoms with E-state index in [0.29, 0.717) is 25.6 Å². The number of benzene rings is 1. The highest BCUT2D eigenvalue weighted by Gasteiger charge is 2.26. The lowest BCUT2D eigenvalue weighted by molar-refractivity contribution is -0.385. The molecule has 1 amide bonds. The van der Waals surface area contributed by atoms with E-state index in [1.807, 2.05) is 0 Å². The summed E-state index contributed by atoms with van der Waals surface area (Å²) in [4.78, 5) is 23.8. The van der Waals surface area contributed by atoms with E-state index in [9.17, 15) is 19.3 Å². The number of non-ortho nitro benzene ring substituents is 1. The summed E-state index contributed by atoms with van der Waals surface area (Å²) < 4.78 is 13.9. The van der Waals surface area contributed by atoms with Gasteiger partial charge in [0.2, 0.25) is 0 Å². The highest BCUT2D eigenvalue weighted by Crippen LogP contribution is 2.23. The van der Waals surface area contributed by atoms with Crippen molar-refractivity contribution in [3.63, 3.8) is 0 Å². The molecule has 0 bridgehead atoms. The minimum atomic E-state index is -0.852. The zero-order chi connectivity index (χ0) is 15.4. The zero-order valence-electron chi connectivity index (χ0n) is 11.6. The number of halogens is 1. The number of nitro benzene ring substituents is 1. The van der Waals surface area contributed by atoms with Gasteiger partial charge in [0.25, 0.3) is 11.6 Å². The molecule has 1 saturated heterocycles. The predicted molar refractivity (Wildman–Crippen MR) is 75.4 cm³/mol. The van der Waals surface area contributed by atoms with Crippen LogP contribution in [0.2, 0.25) is 0 Å². The van der Waals surface area contributed by atoms with Gasteiger partial charge < -0.3 is 10.6 Å². The smallest absolute Gasteiger partial charge is 0.272 e. The first kappa shape index (κ1) is 15.4. The summed E-state index contributed by atoms with van der Waals surface area (Å²) in [5, 5.41) is 10.6. The summed E-state index contributed by atoms with van der Waals surface area (Å²) in [7, 11) is 0. The number of piperidine rings is 1. The van der Waals surface area contributed by atoms with E-state index >= 15 is 0 Å². The molecule has 0 spiro atoms. The Balaban J connectivity index is 2.14. The lowest BCUT2D eigenvalue weighted by atomic mass is 9.94. The van der Waals surface area contributed by atoms with Crippen LogP contribution in [-0.2, 0) is 0 Å². The third kappa shape index (κ3) is 3.55. The molecule has 1 unspecified atom stereocenters. The van der Waals surface area contributed by atoms with Crippen LogP contribution in [0.5, 0.6) is 0 Å². The number of hydrogen-bond acceptors (Lipinski definition) is 4. The van der Waals surface area contributed by atoms with Crippen LogP contribution in [0.3, 0.4) is 0 Å². The van der Waals surface area contributed by atoms with Crippen molar-refractivity contribution in [1.82, 2.24) is 4.90 Å². The fraction of sp³-hybridized carbons (Fsp3) is 0.500. The van der Waals surface area contributed by atoms with E-state index in [-0.39, 0.29) is 11.3 Å². The van der Waals surface area contributed by atoms with E-state index in [2.05, 4.69) is 0 Å². The number of nitrogens with two attached hydrogens (primary N) is 1. The third-order valence-electron chi connectivity index (χ3n) is 3.78. The van der Waals surface area contributed by atoms with Gasteiger partial charge in [-0.15, -0.1) is 0 Å². The van der Waals surface area contributed by atoms with E-state index in [4.69, 9.17) is 5.73 Å². The van der Waals surface area contributed by atoms with Gasteiger partial charge in [-0.1, -0.05) is 0 Å². The van der Waals surface area contributed by atoms with E-state index in [1.54, 1.807) is 4.90 Å². The molecule has 1 atom stereocenters. The summed E-state index contributed by atoms with van der Waals surface area (Å²) in [5.41, 5.74) is 5.06. The Bertz CT molecular complexity index is 548. The van der Waals surface area contributed by atoms with Gasteiger partial charge >= 0.3 is 0 Å². The molecular weight excluding hydrogens is 277 g/mol. The quantitative estimate of drug-likeness (QED) is 0.679. The van der Waals surface area contributed by atoms with E-state index < -0.39 is 16.6 Å². The van der Waals surface area contributed by atoms with Crippen molar-refractivity contribution in [2.45, 2.75) is 19.3 Å². The van der Waals surface area contributed by atoms with Crippen LogP contribution >= 0.6 is 0 Å².